The standard InChI is InChI=1S/C13H20N4O5/c1-9-13(17(20)21)10(2)16(14-9)8-11(18)15(3)7-5-6-12(19)22-4/h5-8H2,1-4H3. The number of nitro groups is 1. The first kappa shape index (κ1) is 17.6. The maximum atomic E-state index is 12.1. The van der Waals surface area contributed by atoms with Crippen molar-refractivity contribution in [2.24, 2.45) is 0 Å². The van der Waals surface area contributed by atoms with E-state index in [1.54, 1.807) is 14.0 Å². The Balaban J connectivity index is 2.63. The molecule has 0 aliphatic rings. The second-order valence-electron chi connectivity index (χ2n) is 4.93. The van der Waals surface area contributed by atoms with Crippen molar-refractivity contribution in [3.8, 4) is 0 Å². The van der Waals surface area contributed by atoms with Gasteiger partial charge in [0.2, 0.25) is 5.91 Å². The van der Waals surface area contributed by atoms with Crippen LogP contribution < -0.4 is 0 Å². The van der Waals surface area contributed by atoms with Crippen molar-refractivity contribution >= 4 is 17.6 Å². The molecule has 0 saturated heterocycles. The fourth-order valence-corrected chi connectivity index (χ4v) is 2.04. The second-order valence-corrected chi connectivity index (χ2v) is 4.93. The molecule has 0 aliphatic heterocycles. The van der Waals surface area contributed by atoms with Gasteiger partial charge in [-0.3, -0.25) is 24.4 Å². The van der Waals surface area contributed by atoms with Crippen molar-refractivity contribution in [2.75, 3.05) is 20.7 Å². The lowest BCUT2D eigenvalue weighted by molar-refractivity contribution is -0.386. The summed E-state index contributed by atoms with van der Waals surface area (Å²) in [7, 11) is 2.92. The summed E-state index contributed by atoms with van der Waals surface area (Å²) in [6, 6.07) is 0. The quantitative estimate of drug-likeness (QED) is 0.419. The number of carbonyl (C=O) groups excluding carboxylic acids is 2. The molecule has 9 nitrogen and oxygen atoms in total. The zero-order valence-corrected chi connectivity index (χ0v) is 13.2. The Kier molecular flexibility index (Phi) is 6.02. The third-order valence-corrected chi connectivity index (χ3v) is 3.34. The summed E-state index contributed by atoms with van der Waals surface area (Å²) in [5.41, 5.74) is 0.559. The van der Waals surface area contributed by atoms with Crippen LogP contribution in [0.3, 0.4) is 0 Å². The fraction of sp³-hybridized carbons (Fsp3) is 0.615. The summed E-state index contributed by atoms with van der Waals surface area (Å²) in [6.45, 7) is 3.42. The van der Waals surface area contributed by atoms with Gasteiger partial charge in [-0.15, -0.1) is 0 Å². The summed E-state index contributed by atoms with van der Waals surface area (Å²) < 4.78 is 5.85. The maximum Gasteiger partial charge on any atom is 0.312 e. The first-order valence-electron chi connectivity index (χ1n) is 6.77. The molecular weight excluding hydrogens is 292 g/mol. The second kappa shape index (κ2) is 7.53. The molecule has 0 spiro atoms. The Labute approximate surface area is 128 Å². The molecule has 0 aliphatic carbocycles. The van der Waals surface area contributed by atoms with E-state index in [0.29, 0.717) is 18.7 Å². The molecule has 0 unspecified atom stereocenters. The number of aromatic nitrogens is 2. The first-order chi connectivity index (χ1) is 10.3. The van der Waals surface area contributed by atoms with Gasteiger partial charge in [0.15, 0.2) is 0 Å². The predicted molar refractivity (Wildman–Crippen MR) is 77.2 cm³/mol. The molecule has 1 aromatic heterocycles. The lowest BCUT2D eigenvalue weighted by Crippen LogP contribution is -2.32. The average molecular weight is 312 g/mol. The van der Waals surface area contributed by atoms with E-state index >= 15 is 0 Å². The van der Waals surface area contributed by atoms with E-state index in [-0.39, 0.29) is 36.2 Å². The van der Waals surface area contributed by atoms with Crippen molar-refractivity contribution in [2.45, 2.75) is 33.2 Å². The third kappa shape index (κ3) is 4.27. The van der Waals surface area contributed by atoms with Gasteiger partial charge in [-0.1, -0.05) is 0 Å². The number of amides is 1. The Hall–Kier alpha value is -2.45. The summed E-state index contributed by atoms with van der Waals surface area (Å²) in [5.74, 6) is -0.555. The lowest BCUT2D eigenvalue weighted by Gasteiger charge is -2.17. The van der Waals surface area contributed by atoms with Crippen LogP contribution in [0.4, 0.5) is 5.69 Å². The fourth-order valence-electron chi connectivity index (χ4n) is 2.04. The number of hydrogen-bond donors (Lipinski definition) is 0. The van der Waals surface area contributed by atoms with Crippen LogP contribution >= 0.6 is 0 Å². The zero-order chi connectivity index (χ0) is 16.9. The lowest BCUT2D eigenvalue weighted by atomic mass is 10.3. The SMILES string of the molecule is COC(=O)CCCN(C)C(=O)Cn1nc(C)c([N+](=O)[O-])c1C. The largest absolute Gasteiger partial charge is 0.469 e. The summed E-state index contributed by atoms with van der Waals surface area (Å²) in [6.07, 6.45) is 0.728. The van der Waals surface area contributed by atoms with Gasteiger partial charge in [0, 0.05) is 20.0 Å². The molecule has 22 heavy (non-hydrogen) atoms. The van der Waals surface area contributed by atoms with Gasteiger partial charge < -0.3 is 9.64 Å². The van der Waals surface area contributed by atoms with E-state index < -0.39 is 4.92 Å². The molecule has 1 amide bonds. The van der Waals surface area contributed by atoms with E-state index in [1.165, 1.54) is 23.6 Å². The first-order valence-corrected chi connectivity index (χ1v) is 6.77. The highest BCUT2D eigenvalue weighted by atomic mass is 16.6. The highest BCUT2D eigenvalue weighted by molar-refractivity contribution is 5.76. The van der Waals surface area contributed by atoms with Gasteiger partial charge in [0.1, 0.15) is 17.9 Å². The van der Waals surface area contributed by atoms with Crippen LogP contribution in [0, 0.1) is 24.0 Å². The average Bonchev–Trinajstić information content (AvgIpc) is 2.72. The van der Waals surface area contributed by atoms with Gasteiger partial charge in [-0.2, -0.15) is 5.10 Å². The number of hydrogen-bond acceptors (Lipinski definition) is 6. The van der Waals surface area contributed by atoms with Crippen molar-refractivity contribution < 1.29 is 19.2 Å². The Morgan fingerprint density at radius 2 is 2.05 bits per heavy atom. The molecule has 0 radical (unpaired) electrons. The highest BCUT2D eigenvalue weighted by Crippen LogP contribution is 2.21. The molecule has 0 atom stereocenters. The molecule has 122 valence electrons. The molecule has 0 N–H and O–H groups in total. The van der Waals surface area contributed by atoms with Crippen molar-refractivity contribution in [1.29, 1.82) is 0 Å². The summed E-state index contributed by atoms with van der Waals surface area (Å²) >= 11 is 0. The number of rotatable bonds is 7. The Bertz CT molecular complexity index is 581. The monoisotopic (exact) mass is 312 g/mol. The molecule has 1 aromatic rings. The molecule has 9 heteroatoms. The number of methoxy groups -OCH3 is 1. The normalized spacial score (nSPS) is 10.4. The van der Waals surface area contributed by atoms with E-state index in [4.69, 9.17) is 0 Å². The highest BCUT2D eigenvalue weighted by Gasteiger charge is 2.23. The van der Waals surface area contributed by atoms with Crippen LogP contribution in [0.2, 0.25) is 0 Å². The van der Waals surface area contributed by atoms with Crippen molar-refractivity contribution in [1.82, 2.24) is 14.7 Å². The molecule has 1 rings (SSSR count). The van der Waals surface area contributed by atoms with E-state index in [2.05, 4.69) is 9.84 Å². The molecule has 0 fully saturated rings. The zero-order valence-electron chi connectivity index (χ0n) is 13.2. The van der Waals surface area contributed by atoms with Crippen LogP contribution in [0.25, 0.3) is 0 Å². The smallest absolute Gasteiger partial charge is 0.312 e. The number of aryl methyl sites for hydroxylation is 1. The minimum Gasteiger partial charge on any atom is -0.469 e. The molecule has 0 bridgehead atoms. The third-order valence-electron chi connectivity index (χ3n) is 3.34. The number of esters is 1. The van der Waals surface area contributed by atoms with Crippen LogP contribution in [-0.4, -0.2) is 52.2 Å². The Morgan fingerprint density at radius 3 is 2.55 bits per heavy atom. The minimum absolute atomic E-state index is 0.0684. The number of nitrogens with zero attached hydrogens (tertiary/aromatic N) is 4. The predicted octanol–water partition coefficient (Wildman–Crippen LogP) is 0.820. The molecule has 0 saturated carbocycles. The molecule has 1 heterocycles. The summed E-state index contributed by atoms with van der Waals surface area (Å²) in [5, 5.41) is 15.0. The number of ether oxygens (including phenoxy) is 1. The Morgan fingerprint density at radius 1 is 1.41 bits per heavy atom. The van der Waals surface area contributed by atoms with Crippen molar-refractivity contribution in [3.63, 3.8) is 0 Å². The van der Waals surface area contributed by atoms with Crippen LogP contribution in [0.5, 0.6) is 0 Å². The molecule has 0 aromatic carbocycles. The number of likely N-dealkylation sites (N-methyl/N-ethyl adjacent to an activating group) is 1. The number of carbonyl (C=O) groups is 2. The van der Waals surface area contributed by atoms with Crippen molar-refractivity contribution in [3.05, 3.63) is 21.5 Å². The van der Waals surface area contributed by atoms with Gasteiger partial charge in [-0.25, -0.2) is 0 Å². The van der Waals surface area contributed by atoms with Crippen LogP contribution in [0.1, 0.15) is 24.2 Å². The van der Waals surface area contributed by atoms with E-state index in [9.17, 15) is 19.7 Å². The van der Waals surface area contributed by atoms with Gasteiger partial charge in [0.25, 0.3) is 0 Å². The van der Waals surface area contributed by atoms with Gasteiger partial charge in [0.05, 0.1) is 12.0 Å². The maximum absolute atomic E-state index is 12.1. The van der Waals surface area contributed by atoms with E-state index in [0.717, 1.165) is 0 Å². The van der Waals surface area contributed by atoms with Gasteiger partial charge >= 0.3 is 11.7 Å². The van der Waals surface area contributed by atoms with Crippen LogP contribution in [0.15, 0.2) is 0 Å². The topological polar surface area (TPSA) is 108 Å². The van der Waals surface area contributed by atoms with Crippen LogP contribution in [-0.2, 0) is 20.9 Å². The van der Waals surface area contributed by atoms with E-state index in [1.807, 2.05) is 0 Å². The summed E-state index contributed by atoms with van der Waals surface area (Å²) in [4.78, 5) is 35.0. The molecular formula is C13H20N4O5. The minimum atomic E-state index is -0.501. The van der Waals surface area contributed by atoms with Gasteiger partial charge in [-0.05, 0) is 20.3 Å².